The van der Waals surface area contributed by atoms with Crippen LogP contribution in [-0.4, -0.2) is 54.9 Å². The van der Waals surface area contributed by atoms with Gasteiger partial charge in [-0.05, 0) is 28.8 Å². The van der Waals surface area contributed by atoms with Gasteiger partial charge in [0.25, 0.3) is 23.2 Å². The Bertz CT molecular complexity index is 1630. The second-order valence-electron chi connectivity index (χ2n) is 10.0. The van der Waals surface area contributed by atoms with Gasteiger partial charge < -0.3 is 20.5 Å². The maximum Gasteiger partial charge on any atom is 0.408 e. The molecule has 14 nitrogen and oxygen atoms in total. The molecule has 2 aliphatic heterocycles. The third-order valence-corrected chi connectivity index (χ3v) is 8.46. The monoisotopic (exact) mass is 619 g/mol. The number of nitro benzene ring substituents is 2. The molecule has 226 valence electrons. The summed E-state index contributed by atoms with van der Waals surface area (Å²) in [4.78, 5) is 62.8. The van der Waals surface area contributed by atoms with Crippen molar-refractivity contribution in [3.8, 4) is 0 Å². The average molecular weight is 620 g/mol. The molecule has 0 spiro atoms. The van der Waals surface area contributed by atoms with E-state index in [0.29, 0.717) is 16.7 Å². The second-order valence-corrected chi connectivity index (χ2v) is 11.1. The van der Waals surface area contributed by atoms with Gasteiger partial charge in [0, 0.05) is 36.9 Å². The minimum absolute atomic E-state index is 0.0265. The highest BCUT2D eigenvalue weighted by atomic mass is 32.2. The SMILES string of the molecule is O=C(NC(Cc1ccc([N+](=O)[O-])cc1)(C(=O)NC1C(=O)N2C=C(O)CSC12)c1ccccc1)OCc1ccc([N+](=O)[O-])cc1. The van der Waals surface area contributed by atoms with Crippen LogP contribution in [0, 0.1) is 20.2 Å². The van der Waals surface area contributed by atoms with Gasteiger partial charge in [0.1, 0.15) is 23.8 Å². The molecule has 5 rings (SSSR count). The molecule has 3 unspecified atom stereocenters. The first-order valence-electron chi connectivity index (χ1n) is 13.2. The van der Waals surface area contributed by atoms with Gasteiger partial charge in [0.05, 0.1) is 15.6 Å². The van der Waals surface area contributed by atoms with Crippen molar-refractivity contribution in [3.63, 3.8) is 0 Å². The number of nitrogens with one attached hydrogen (secondary N) is 2. The molecule has 0 aromatic heterocycles. The van der Waals surface area contributed by atoms with E-state index in [1.165, 1.54) is 71.4 Å². The third-order valence-electron chi connectivity index (χ3n) is 7.16. The first kappa shape index (κ1) is 30.0. The van der Waals surface area contributed by atoms with Crippen molar-refractivity contribution in [2.24, 2.45) is 0 Å². The van der Waals surface area contributed by atoms with Crippen LogP contribution in [0.1, 0.15) is 16.7 Å². The molecule has 0 aliphatic carbocycles. The van der Waals surface area contributed by atoms with E-state index in [-0.39, 0.29) is 35.9 Å². The third kappa shape index (κ3) is 6.17. The number of aliphatic hydroxyl groups is 1. The normalized spacial score (nSPS) is 18.5. The number of carbonyl (C=O) groups is 3. The minimum atomic E-state index is -1.85. The predicted octanol–water partition coefficient (Wildman–Crippen LogP) is 3.67. The number of fused-ring (bicyclic) bond motifs is 1. The van der Waals surface area contributed by atoms with Crippen LogP contribution < -0.4 is 10.6 Å². The highest BCUT2D eigenvalue weighted by Crippen LogP contribution is 2.36. The summed E-state index contributed by atoms with van der Waals surface area (Å²) in [5.74, 6) is -0.897. The quantitative estimate of drug-likeness (QED) is 0.171. The molecule has 15 heteroatoms. The molecule has 3 aromatic carbocycles. The van der Waals surface area contributed by atoms with Crippen molar-refractivity contribution < 1.29 is 34.1 Å². The number of rotatable bonds is 10. The number of non-ortho nitro benzene ring substituents is 2. The predicted molar refractivity (Wildman–Crippen MR) is 157 cm³/mol. The lowest BCUT2D eigenvalue weighted by atomic mass is 9.82. The number of amides is 3. The number of benzene rings is 3. The topological polar surface area (TPSA) is 194 Å². The molecule has 2 heterocycles. The van der Waals surface area contributed by atoms with Crippen molar-refractivity contribution in [2.45, 2.75) is 30.0 Å². The second kappa shape index (κ2) is 12.4. The van der Waals surface area contributed by atoms with Crippen molar-refractivity contribution in [2.75, 3.05) is 5.75 Å². The number of thioether (sulfide) groups is 1. The first-order chi connectivity index (χ1) is 21.1. The molecule has 0 radical (unpaired) electrons. The number of carbonyl (C=O) groups excluding carboxylic acids is 3. The van der Waals surface area contributed by atoms with Gasteiger partial charge >= 0.3 is 6.09 Å². The maximum atomic E-state index is 14.2. The standard InChI is InChI=1S/C29H25N5O9S/c35-23-15-32-25(36)24(26(32)44-17-23)30-27(37)29(20-4-2-1-3-5-20,14-18-6-10-21(11-7-18)33(39)40)31-28(38)43-16-19-8-12-22(13-9-19)34(41)42/h1-13,15,24,26,35H,14,16-17H2,(H,30,37)(H,31,38). The lowest BCUT2D eigenvalue weighted by Crippen LogP contribution is -2.71. The minimum Gasteiger partial charge on any atom is -0.510 e. The summed E-state index contributed by atoms with van der Waals surface area (Å²) in [5, 5.41) is 37.0. The first-order valence-corrected chi connectivity index (χ1v) is 14.2. The molecule has 1 saturated heterocycles. The zero-order valence-electron chi connectivity index (χ0n) is 22.8. The van der Waals surface area contributed by atoms with Crippen molar-refractivity contribution in [1.82, 2.24) is 15.5 Å². The summed E-state index contributed by atoms with van der Waals surface area (Å²) in [6.07, 6.45) is 0.156. The summed E-state index contributed by atoms with van der Waals surface area (Å²) in [5.41, 5.74) is -0.868. The van der Waals surface area contributed by atoms with Crippen LogP contribution in [0.3, 0.4) is 0 Å². The summed E-state index contributed by atoms with van der Waals surface area (Å²) in [6, 6.07) is 18.2. The van der Waals surface area contributed by atoms with Crippen LogP contribution >= 0.6 is 11.8 Å². The van der Waals surface area contributed by atoms with E-state index in [4.69, 9.17) is 4.74 Å². The molecular formula is C29H25N5O9S. The summed E-state index contributed by atoms with van der Waals surface area (Å²) in [7, 11) is 0. The molecule has 44 heavy (non-hydrogen) atoms. The fraction of sp³-hybridized carbons (Fsp3) is 0.207. The molecule has 0 saturated carbocycles. The van der Waals surface area contributed by atoms with Crippen LogP contribution in [0.25, 0.3) is 0 Å². The summed E-state index contributed by atoms with van der Waals surface area (Å²) >= 11 is 1.27. The lowest BCUT2D eigenvalue weighted by Gasteiger charge is -2.47. The van der Waals surface area contributed by atoms with E-state index in [1.54, 1.807) is 30.3 Å². The van der Waals surface area contributed by atoms with Gasteiger partial charge in [-0.1, -0.05) is 42.5 Å². The van der Waals surface area contributed by atoms with Gasteiger partial charge in [-0.25, -0.2) is 4.79 Å². The fourth-order valence-corrected chi connectivity index (χ4v) is 6.01. The van der Waals surface area contributed by atoms with E-state index in [2.05, 4.69) is 10.6 Å². The Morgan fingerprint density at radius 2 is 1.55 bits per heavy atom. The van der Waals surface area contributed by atoms with Crippen LogP contribution in [0.2, 0.25) is 0 Å². The number of β-lactam (4-membered cyclic amide) rings is 1. The molecule has 1 fully saturated rings. The number of nitrogens with zero attached hydrogens (tertiary/aromatic N) is 3. The van der Waals surface area contributed by atoms with E-state index < -0.39 is 44.7 Å². The Labute approximate surface area is 254 Å². The molecule has 0 bridgehead atoms. The van der Waals surface area contributed by atoms with E-state index in [0.717, 1.165) is 0 Å². The number of aliphatic hydroxyl groups excluding tert-OH is 1. The molecule has 3 N–H and O–H groups in total. The number of nitro groups is 2. The zero-order chi connectivity index (χ0) is 31.4. The number of hydrogen-bond donors (Lipinski definition) is 3. The van der Waals surface area contributed by atoms with Crippen molar-refractivity contribution >= 4 is 41.0 Å². The highest BCUT2D eigenvalue weighted by molar-refractivity contribution is 8.00. The molecular weight excluding hydrogens is 594 g/mol. The van der Waals surface area contributed by atoms with Gasteiger partial charge in [-0.2, -0.15) is 0 Å². The Morgan fingerprint density at radius 3 is 2.14 bits per heavy atom. The molecule has 3 atom stereocenters. The van der Waals surface area contributed by atoms with Crippen molar-refractivity contribution in [3.05, 3.63) is 128 Å². The van der Waals surface area contributed by atoms with E-state index in [9.17, 15) is 39.7 Å². The molecule has 2 aliphatic rings. The number of hydrogen-bond acceptors (Lipinski definition) is 10. The Balaban J connectivity index is 1.45. The van der Waals surface area contributed by atoms with Crippen LogP contribution in [0.4, 0.5) is 16.2 Å². The Morgan fingerprint density at radius 1 is 0.955 bits per heavy atom. The Hall–Kier alpha value is -5.44. The lowest BCUT2D eigenvalue weighted by molar-refractivity contribution is -0.385. The van der Waals surface area contributed by atoms with Crippen molar-refractivity contribution in [1.29, 1.82) is 0 Å². The van der Waals surface area contributed by atoms with Gasteiger partial charge in [0.15, 0.2) is 5.54 Å². The van der Waals surface area contributed by atoms with Crippen LogP contribution in [0.15, 0.2) is 90.8 Å². The van der Waals surface area contributed by atoms with E-state index >= 15 is 0 Å². The number of ether oxygens (including phenoxy) is 1. The average Bonchev–Trinajstić information content (AvgIpc) is 3.03. The summed E-state index contributed by atoms with van der Waals surface area (Å²) in [6.45, 7) is -0.265. The smallest absolute Gasteiger partial charge is 0.408 e. The van der Waals surface area contributed by atoms with Crippen LogP contribution in [0.5, 0.6) is 0 Å². The summed E-state index contributed by atoms with van der Waals surface area (Å²) < 4.78 is 5.40. The van der Waals surface area contributed by atoms with E-state index in [1.807, 2.05) is 0 Å². The number of alkyl carbamates (subject to hydrolysis) is 1. The molecule has 3 amide bonds. The van der Waals surface area contributed by atoms with Gasteiger partial charge in [0.2, 0.25) is 0 Å². The maximum absolute atomic E-state index is 14.2. The fourth-order valence-electron chi connectivity index (χ4n) is 4.89. The van der Waals surface area contributed by atoms with Gasteiger partial charge in [-0.15, -0.1) is 11.8 Å². The highest BCUT2D eigenvalue weighted by Gasteiger charge is 2.52. The van der Waals surface area contributed by atoms with Gasteiger partial charge in [-0.3, -0.25) is 34.7 Å². The largest absolute Gasteiger partial charge is 0.510 e. The zero-order valence-corrected chi connectivity index (χ0v) is 23.6. The Kier molecular flexibility index (Phi) is 8.48. The molecule has 3 aromatic rings. The van der Waals surface area contributed by atoms with Crippen LogP contribution in [-0.2, 0) is 32.9 Å².